The lowest BCUT2D eigenvalue weighted by Gasteiger charge is -2.25. The number of benzene rings is 2. The fourth-order valence-electron chi connectivity index (χ4n) is 2.93. The number of aliphatic hydroxyl groups is 1. The highest BCUT2D eigenvalue weighted by Crippen LogP contribution is 2.16. The summed E-state index contributed by atoms with van der Waals surface area (Å²) in [4.78, 5) is 3.17. The normalized spacial score (nSPS) is 11.9. The van der Waals surface area contributed by atoms with Gasteiger partial charge in [0, 0.05) is 26.2 Å². The molecule has 0 radical (unpaired) electrons. The first-order valence-corrected chi connectivity index (χ1v) is 8.38. The van der Waals surface area contributed by atoms with Crippen LogP contribution < -0.4 is 0 Å². The van der Waals surface area contributed by atoms with E-state index in [1.54, 1.807) is 23.9 Å². The molecule has 28 heavy (non-hydrogen) atoms. The van der Waals surface area contributed by atoms with Gasteiger partial charge in [-0.15, -0.1) is 0 Å². The summed E-state index contributed by atoms with van der Waals surface area (Å²) in [5, 5.41) is 10.2. The van der Waals surface area contributed by atoms with E-state index in [9.17, 15) is 31.4 Å². The molecule has 3 nitrogen and oxygen atoms in total. The second-order valence-electron chi connectivity index (χ2n) is 6.79. The Morgan fingerprint density at radius 3 is 1.25 bits per heavy atom. The van der Waals surface area contributed by atoms with Gasteiger partial charge >= 0.3 is 0 Å². The summed E-state index contributed by atoms with van der Waals surface area (Å²) in [5.41, 5.74) is 0.411. The number of nitrogens with zero attached hydrogens (tertiary/aromatic N) is 2. The summed E-state index contributed by atoms with van der Waals surface area (Å²) in [6.45, 7) is 0.390. The topological polar surface area (TPSA) is 26.7 Å². The largest absolute Gasteiger partial charge is 0.390 e. The zero-order valence-electron chi connectivity index (χ0n) is 15.3. The molecule has 0 aliphatic carbocycles. The predicted molar refractivity (Wildman–Crippen MR) is 91.3 cm³/mol. The molecule has 0 aliphatic heterocycles. The molecule has 0 atom stereocenters. The van der Waals surface area contributed by atoms with Crippen LogP contribution in [0.15, 0.2) is 24.3 Å². The van der Waals surface area contributed by atoms with Crippen molar-refractivity contribution in [3.63, 3.8) is 0 Å². The van der Waals surface area contributed by atoms with E-state index in [1.807, 2.05) is 0 Å². The molecule has 1 N–H and O–H groups in total. The maximum absolute atomic E-state index is 13.2. The van der Waals surface area contributed by atoms with Crippen molar-refractivity contribution in [2.45, 2.75) is 19.2 Å². The maximum Gasteiger partial charge on any atom is 0.194 e. The molecule has 0 amide bonds. The van der Waals surface area contributed by atoms with E-state index in [4.69, 9.17) is 0 Å². The third kappa shape index (κ3) is 5.95. The molecule has 0 aliphatic rings. The summed E-state index contributed by atoms with van der Waals surface area (Å²) in [5.74, 6) is -8.24. The summed E-state index contributed by atoms with van der Waals surface area (Å²) in [6, 6.07) is 3.52. The number of aliphatic hydroxyl groups excluding tert-OH is 1. The number of rotatable bonds is 8. The fraction of sp³-hybridized carbons (Fsp3) is 0.368. The lowest BCUT2D eigenvalue weighted by atomic mass is 10.1. The van der Waals surface area contributed by atoms with Crippen molar-refractivity contribution in [2.75, 3.05) is 27.2 Å². The highest BCUT2D eigenvalue weighted by molar-refractivity contribution is 5.20. The molecular weight excluding hydrogens is 386 g/mol. The van der Waals surface area contributed by atoms with E-state index in [0.717, 1.165) is 24.3 Å². The highest BCUT2D eigenvalue weighted by Gasteiger charge is 2.16. The van der Waals surface area contributed by atoms with Gasteiger partial charge in [-0.25, -0.2) is 26.3 Å². The zero-order valence-corrected chi connectivity index (χ0v) is 15.3. The lowest BCUT2D eigenvalue weighted by Crippen LogP contribution is -2.37. The molecule has 0 bridgehead atoms. The van der Waals surface area contributed by atoms with E-state index in [0.29, 0.717) is 0 Å². The fourth-order valence-corrected chi connectivity index (χ4v) is 2.93. The summed E-state index contributed by atoms with van der Waals surface area (Å²) in [6.07, 6.45) is -0.889. The van der Waals surface area contributed by atoms with Crippen molar-refractivity contribution in [1.29, 1.82) is 0 Å². The van der Waals surface area contributed by atoms with Crippen LogP contribution in [0.2, 0.25) is 0 Å². The number of hydrogen-bond acceptors (Lipinski definition) is 3. The molecule has 0 aromatic heterocycles. The first-order valence-electron chi connectivity index (χ1n) is 8.38. The minimum absolute atomic E-state index is 0.0727. The Labute approximate surface area is 158 Å². The van der Waals surface area contributed by atoms with Crippen molar-refractivity contribution in [3.05, 3.63) is 70.3 Å². The van der Waals surface area contributed by atoms with Gasteiger partial charge in [0.1, 0.15) is 0 Å². The SMILES string of the molecule is CN(Cc1cc(F)c(F)c(F)c1)CC(O)CN(C)Cc1cc(F)c(F)c(F)c1. The predicted octanol–water partition coefficient (Wildman–Crippen LogP) is 3.45. The van der Waals surface area contributed by atoms with E-state index in [-0.39, 0.29) is 37.3 Å². The third-order valence-electron chi connectivity index (χ3n) is 4.04. The van der Waals surface area contributed by atoms with Crippen molar-refractivity contribution >= 4 is 0 Å². The van der Waals surface area contributed by atoms with Crippen LogP contribution >= 0.6 is 0 Å². The maximum atomic E-state index is 13.2. The van der Waals surface area contributed by atoms with Crippen molar-refractivity contribution < 1.29 is 31.4 Å². The Bertz CT molecular complexity index is 719. The van der Waals surface area contributed by atoms with Gasteiger partial charge < -0.3 is 5.11 Å². The average molecular weight is 406 g/mol. The monoisotopic (exact) mass is 406 g/mol. The van der Waals surface area contributed by atoms with E-state index < -0.39 is 41.0 Å². The van der Waals surface area contributed by atoms with Crippen LogP contribution in [0.25, 0.3) is 0 Å². The smallest absolute Gasteiger partial charge is 0.194 e. The molecular formula is C19H20F6N2O. The molecule has 0 heterocycles. The first-order chi connectivity index (χ1) is 13.1. The standard InChI is InChI=1S/C19H20F6N2O/c1-26(7-11-3-14(20)18(24)15(21)4-11)9-13(28)10-27(2)8-12-5-16(22)19(25)17(23)6-12/h3-6,13,28H,7-10H2,1-2H3. The molecule has 0 saturated heterocycles. The molecule has 2 aromatic carbocycles. The van der Waals surface area contributed by atoms with Crippen LogP contribution in [0.3, 0.4) is 0 Å². The van der Waals surface area contributed by atoms with Gasteiger partial charge in [-0.3, -0.25) is 9.80 Å². The summed E-state index contributed by atoms with van der Waals surface area (Å²) in [7, 11) is 3.21. The van der Waals surface area contributed by atoms with E-state index in [1.165, 1.54) is 0 Å². The van der Waals surface area contributed by atoms with Crippen molar-refractivity contribution in [2.24, 2.45) is 0 Å². The molecule has 2 aromatic rings. The Kier molecular flexibility index (Phi) is 7.45. The van der Waals surface area contributed by atoms with Gasteiger partial charge in [0.05, 0.1) is 6.10 Å². The first kappa shape index (κ1) is 22.2. The van der Waals surface area contributed by atoms with Crippen LogP contribution in [-0.2, 0) is 13.1 Å². The molecule has 0 fully saturated rings. The van der Waals surface area contributed by atoms with Crippen LogP contribution in [0.4, 0.5) is 26.3 Å². The van der Waals surface area contributed by atoms with Crippen LogP contribution in [0, 0.1) is 34.9 Å². The zero-order chi connectivity index (χ0) is 21.0. The second kappa shape index (κ2) is 9.40. The summed E-state index contributed by atoms with van der Waals surface area (Å²) < 4.78 is 78.9. The molecule has 0 saturated carbocycles. The highest BCUT2D eigenvalue weighted by atomic mass is 19.2. The van der Waals surface area contributed by atoms with Crippen LogP contribution in [0.5, 0.6) is 0 Å². The van der Waals surface area contributed by atoms with Crippen molar-refractivity contribution in [3.8, 4) is 0 Å². The second-order valence-corrected chi connectivity index (χ2v) is 6.79. The summed E-state index contributed by atoms with van der Waals surface area (Å²) >= 11 is 0. The van der Waals surface area contributed by atoms with Gasteiger partial charge in [-0.05, 0) is 49.5 Å². The van der Waals surface area contributed by atoms with Gasteiger partial charge in [-0.1, -0.05) is 0 Å². The molecule has 0 unspecified atom stereocenters. The van der Waals surface area contributed by atoms with Crippen LogP contribution in [-0.4, -0.2) is 48.2 Å². The molecule has 154 valence electrons. The lowest BCUT2D eigenvalue weighted by molar-refractivity contribution is 0.0866. The third-order valence-corrected chi connectivity index (χ3v) is 4.04. The van der Waals surface area contributed by atoms with Crippen molar-refractivity contribution in [1.82, 2.24) is 9.80 Å². The van der Waals surface area contributed by atoms with E-state index in [2.05, 4.69) is 0 Å². The minimum atomic E-state index is -1.54. The number of hydrogen-bond donors (Lipinski definition) is 1. The Morgan fingerprint density at radius 1 is 0.679 bits per heavy atom. The van der Waals surface area contributed by atoms with Crippen LogP contribution in [0.1, 0.15) is 11.1 Å². The number of likely N-dealkylation sites (N-methyl/N-ethyl adjacent to an activating group) is 2. The van der Waals surface area contributed by atoms with Gasteiger partial charge in [-0.2, -0.15) is 0 Å². The Balaban J connectivity index is 1.88. The average Bonchev–Trinajstić information content (AvgIpc) is 2.56. The molecule has 9 heteroatoms. The molecule has 2 rings (SSSR count). The van der Waals surface area contributed by atoms with Gasteiger partial charge in [0.25, 0.3) is 0 Å². The number of halogens is 6. The Hall–Kier alpha value is -2.10. The van der Waals surface area contributed by atoms with Gasteiger partial charge in [0.15, 0.2) is 34.9 Å². The van der Waals surface area contributed by atoms with E-state index >= 15 is 0 Å². The molecule has 0 spiro atoms. The quantitative estimate of drug-likeness (QED) is 0.538. The Morgan fingerprint density at radius 2 is 0.964 bits per heavy atom. The minimum Gasteiger partial charge on any atom is -0.390 e. The van der Waals surface area contributed by atoms with Gasteiger partial charge in [0.2, 0.25) is 0 Å².